The first kappa shape index (κ1) is 11.8. The highest BCUT2D eigenvalue weighted by atomic mass is 16.5. The largest absolute Gasteiger partial charge is 0.382 e. The van der Waals surface area contributed by atoms with Crippen LogP contribution < -0.4 is 5.73 Å². The molecule has 1 atom stereocenters. The van der Waals surface area contributed by atoms with Crippen molar-refractivity contribution in [2.24, 2.45) is 5.73 Å². The topological polar surface area (TPSA) is 53.7 Å². The Morgan fingerprint density at radius 1 is 1.25 bits per heavy atom. The quantitative estimate of drug-likeness (QED) is 0.531. The van der Waals surface area contributed by atoms with Gasteiger partial charge in [0.15, 0.2) is 0 Å². The maximum atomic E-state index is 5.30. The number of methoxy groups -OCH3 is 2. The predicted molar refractivity (Wildman–Crippen MR) is 47.2 cm³/mol. The molecule has 74 valence electrons. The number of hydrogen-bond acceptors (Lipinski definition) is 4. The molecule has 0 rings (SSSR count). The fourth-order valence-electron chi connectivity index (χ4n) is 0.770. The standard InChI is InChI=1S/C8H19NO3/c1-10-6-8(11-2)7-12-5-3-4-9/h8H,3-7,9H2,1-2H3. The molecule has 4 nitrogen and oxygen atoms in total. The monoisotopic (exact) mass is 177 g/mol. The predicted octanol–water partition coefficient (Wildman–Crippen LogP) is 0.0132. The zero-order chi connectivity index (χ0) is 9.23. The highest BCUT2D eigenvalue weighted by Gasteiger charge is 2.05. The van der Waals surface area contributed by atoms with Crippen molar-refractivity contribution in [2.75, 3.05) is 40.6 Å². The molecule has 0 spiro atoms. The Labute approximate surface area is 74.0 Å². The van der Waals surface area contributed by atoms with Gasteiger partial charge in [0.2, 0.25) is 0 Å². The maximum absolute atomic E-state index is 5.30. The van der Waals surface area contributed by atoms with Gasteiger partial charge in [-0.05, 0) is 13.0 Å². The van der Waals surface area contributed by atoms with E-state index in [1.807, 2.05) is 0 Å². The van der Waals surface area contributed by atoms with Crippen LogP contribution in [0.1, 0.15) is 6.42 Å². The average molecular weight is 177 g/mol. The zero-order valence-electron chi connectivity index (χ0n) is 7.91. The molecule has 2 N–H and O–H groups in total. The molecule has 0 fully saturated rings. The molecule has 0 bridgehead atoms. The third-order valence-corrected chi connectivity index (χ3v) is 1.48. The minimum Gasteiger partial charge on any atom is -0.382 e. The zero-order valence-corrected chi connectivity index (χ0v) is 7.91. The van der Waals surface area contributed by atoms with Gasteiger partial charge in [0.05, 0.1) is 13.2 Å². The smallest absolute Gasteiger partial charge is 0.104 e. The molecular weight excluding hydrogens is 158 g/mol. The Kier molecular flexibility index (Phi) is 8.81. The van der Waals surface area contributed by atoms with Crippen LogP contribution in [0, 0.1) is 0 Å². The summed E-state index contributed by atoms with van der Waals surface area (Å²) in [6.07, 6.45) is 0.927. The Morgan fingerprint density at radius 3 is 2.50 bits per heavy atom. The molecule has 0 radical (unpaired) electrons. The number of rotatable bonds is 8. The van der Waals surface area contributed by atoms with E-state index in [9.17, 15) is 0 Å². The molecule has 0 aliphatic heterocycles. The Hall–Kier alpha value is -0.160. The van der Waals surface area contributed by atoms with Crippen LogP contribution in [0.5, 0.6) is 0 Å². The summed E-state index contributed by atoms with van der Waals surface area (Å²) in [7, 11) is 3.29. The summed E-state index contributed by atoms with van der Waals surface area (Å²) in [6.45, 7) is 2.51. The van der Waals surface area contributed by atoms with E-state index in [1.54, 1.807) is 14.2 Å². The Morgan fingerprint density at radius 2 is 2.00 bits per heavy atom. The molecule has 0 heterocycles. The Balaban J connectivity index is 3.19. The van der Waals surface area contributed by atoms with E-state index >= 15 is 0 Å². The van der Waals surface area contributed by atoms with E-state index in [2.05, 4.69) is 0 Å². The van der Waals surface area contributed by atoms with E-state index in [0.29, 0.717) is 26.4 Å². The second-order valence-electron chi connectivity index (χ2n) is 2.53. The highest BCUT2D eigenvalue weighted by Crippen LogP contribution is 1.92. The van der Waals surface area contributed by atoms with Crippen molar-refractivity contribution >= 4 is 0 Å². The van der Waals surface area contributed by atoms with E-state index in [-0.39, 0.29) is 6.10 Å². The summed E-state index contributed by atoms with van der Waals surface area (Å²) in [5.41, 5.74) is 5.30. The van der Waals surface area contributed by atoms with Crippen LogP contribution >= 0.6 is 0 Å². The lowest BCUT2D eigenvalue weighted by Crippen LogP contribution is -2.24. The minimum atomic E-state index is 0.0350. The lowest BCUT2D eigenvalue weighted by Gasteiger charge is -2.13. The summed E-state index contributed by atoms with van der Waals surface area (Å²) in [5, 5.41) is 0. The first-order valence-electron chi connectivity index (χ1n) is 4.14. The third-order valence-electron chi connectivity index (χ3n) is 1.48. The summed E-state index contributed by atoms with van der Waals surface area (Å²) in [4.78, 5) is 0. The van der Waals surface area contributed by atoms with Gasteiger partial charge in [0.1, 0.15) is 6.10 Å². The van der Waals surface area contributed by atoms with Crippen molar-refractivity contribution in [3.8, 4) is 0 Å². The number of ether oxygens (including phenoxy) is 3. The van der Waals surface area contributed by atoms with Crippen molar-refractivity contribution < 1.29 is 14.2 Å². The molecule has 1 unspecified atom stereocenters. The molecule has 12 heavy (non-hydrogen) atoms. The van der Waals surface area contributed by atoms with E-state index in [1.165, 1.54) is 0 Å². The normalized spacial score (nSPS) is 13.2. The molecule has 0 aromatic rings. The second-order valence-corrected chi connectivity index (χ2v) is 2.53. The molecule has 0 aliphatic carbocycles. The van der Waals surface area contributed by atoms with Crippen molar-refractivity contribution in [3.63, 3.8) is 0 Å². The van der Waals surface area contributed by atoms with Crippen LogP contribution in [0.3, 0.4) is 0 Å². The van der Waals surface area contributed by atoms with Gasteiger partial charge < -0.3 is 19.9 Å². The van der Waals surface area contributed by atoms with Gasteiger partial charge >= 0.3 is 0 Å². The van der Waals surface area contributed by atoms with Crippen molar-refractivity contribution in [1.82, 2.24) is 0 Å². The van der Waals surface area contributed by atoms with Crippen LogP contribution in [-0.4, -0.2) is 46.7 Å². The molecule has 4 heteroatoms. The molecule has 0 saturated carbocycles. The number of nitrogens with two attached hydrogens (primary N) is 1. The first-order valence-corrected chi connectivity index (χ1v) is 4.14. The van der Waals surface area contributed by atoms with E-state index in [0.717, 1.165) is 6.42 Å². The summed E-state index contributed by atoms with van der Waals surface area (Å²) < 4.78 is 15.3. The average Bonchev–Trinajstić information content (AvgIpc) is 2.10. The SMILES string of the molecule is COCC(COCCCN)OC. The molecule has 0 saturated heterocycles. The Bertz CT molecular complexity index is 90.4. The van der Waals surface area contributed by atoms with Gasteiger partial charge in [0, 0.05) is 20.8 Å². The van der Waals surface area contributed by atoms with Crippen LogP contribution in [0.4, 0.5) is 0 Å². The van der Waals surface area contributed by atoms with Gasteiger partial charge in [-0.3, -0.25) is 0 Å². The van der Waals surface area contributed by atoms with Crippen LogP contribution in [0.15, 0.2) is 0 Å². The van der Waals surface area contributed by atoms with Crippen molar-refractivity contribution in [1.29, 1.82) is 0 Å². The second kappa shape index (κ2) is 8.93. The fourth-order valence-corrected chi connectivity index (χ4v) is 0.770. The van der Waals surface area contributed by atoms with Crippen LogP contribution in [0.25, 0.3) is 0 Å². The molecular formula is C8H19NO3. The van der Waals surface area contributed by atoms with Crippen LogP contribution in [0.2, 0.25) is 0 Å². The van der Waals surface area contributed by atoms with Gasteiger partial charge in [0.25, 0.3) is 0 Å². The van der Waals surface area contributed by atoms with Gasteiger partial charge in [-0.1, -0.05) is 0 Å². The van der Waals surface area contributed by atoms with Crippen molar-refractivity contribution in [3.05, 3.63) is 0 Å². The van der Waals surface area contributed by atoms with E-state index < -0.39 is 0 Å². The fraction of sp³-hybridized carbons (Fsp3) is 1.00. The van der Waals surface area contributed by atoms with Crippen molar-refractivity contribution in [2.45, 2.75) is 12.5 Å². The maximum Gasteiger partial charge on any atom is 0.104 e. The van der Waals surface area contributed by atoms with E-state index in [4.69, 9.17) is 19.9 Å². The van der Waals surface area contributed by atoms with Gasteiger partial charge in [-0.2, -0.15) is 0 Å². The molecule has 0 aliphatic rings. The summed E-state index contributed by atoms with van der Waals surface area (Å²) in [5.74, 6) is 0. The lowest BCUT2D eigenvalue weighted by atomic mass is 10.4. The van der Waals surface area contributed by atoms with Gasteiger partial charge in [-0.15, -0.1) is 0 Å². The minimum absolute atomic E-state index is 0.0350. The molecule has 0 amide bonds. The van der Waals surface area contributed by atoms with Crippen LogP contribution in [-0.2, 0) is 14.2 Å². The summed E-state index contributed by atoms with van der Waals surface area (Å²) >= 11 is 0. The summed E-state index contributed by atoms with van der Waals surface area (Å²) in [6, 6.07) is 0. The molecule has 0 aromatic carbocycles. The first-order chi connectivity index (χ1) is 5.85. The highest BCUT2D eigenvalue weighted by molar-refractivity contribution is 4.53. The molecule has 0 aromatic heterocycles. The third kappa shape index (κ3) is 6.54. The number of hydrogen-bond donors (Lipinski definition) is 1. The lowest BCUT2D eigenvalue weighted by molar-refractivity contribution is -0.0303. The van der Waals surface area contributed by atoms with Gasteiger partial charge in [-0.25, -0.2) is 0 Å².